The van der Waals surface area contributed by atoms with Crippen LogP contribution in [-0.4, -0.2) is 35.3 Å². The maximum absolute atomic E-state index is 13.7. The number of aromatic amines is 1. The fraction of sp³-hybridized carbons (Fsp3) is 0.261. The summed E-state index contributed by atoms with van der Waals surface area (Å²) < 4.78 is 59.8. The van der Waals surface area contributed by atoms with Crippen LogP contribution < -0.4 is 21.5 Å². The number of aromatic nitrogens is 2. The van der Waals surface area contributed by atoms with E-state index in [-0.39, 0.29) is 23.4 Å². The van der Waals surface area contributed by atoms with Crippen molar-refractivity contribution in [2.75, 3.05) is 7.11 Å². The van der Waals surface area contributed by atoms with Crippen molar-refractivity contribution in [3.05, 3.63) is 82.4 Å². The van der Waals surface area contributed by atoms with Gasteiger partial charge in [-0.05, 0) is 35.7 Å². The highest BCUT2D eigenvalue weighted by molar-refractivity contribution is 5.97. The van der Waals surface area contributed by atoms with E-state index >= 15 is 0 Å². The van der Waals surface area contributed by atoms with Crippen molar-refractivity contribution in [3.8, 4) is 5.75 Å². The SMILES string of the molecule is COc1ccc(F)cc1C(=O)NCc1ccc(C(N)CC(c2[nH]ncc2C(N)=O)C(F)(F)F)cc1. The molecule has 8 nitrogen and oxygen atoms in total. The number of H-pyrrole nitrogens is 1. The Labute approximate surface area is 197 Å². The molecule has 6 N–H and O–H groups in total. The Hall–Kier alpha value is -3.93. The zero-order valence-corrected chi connectivity index (χ0v) is 18.5. The first-order valence-electron chi connectivity index (χ1n) is 10.4. The van der Waals surface area contributed by atoms with Gasteiger partial charge in [0.25, 0.3) is 11.8 Å². The van der Waals surface area contributed by atoms with Crippen LogP contribution in [0.15, 0.2) is 48.7 Å². The number of hydrogen-bond acceptors (Lipinski definition) is 5. The predicted octanol–water partition coefficient (Wildman–Crippen LogP) is 3.32. The van der Waals surface area contributed by atoms with E-state index in [1.807, 2.05) is 0 Å². The average molecular weight is 493 g/mol. The van der Waals surface area contributed by atoms with Gasteiger partial charge in [0.1, 0.15) is 11.6 Å². The van der Waals surface area contributed by atoms with Crippen molar-refractivity contribution < 1.29 is 31.9 Å². The molecular formula is C23H23F4N5O3. The monoisotopic (exact) mass is 493 g/mol. The molecular weight excluding hydrogens is 470 g/mol. The predicted molar refractivity (Wildman–Crippen MR) is 118 cm³/mol. The van der Waals surface area contributed by atoms with E-state index in [1.165, 1.54) is 19.2 Å². The maximum Gasteiger partial charge on any atom is 0.397 e. The molecule has 0 aliphatic carbocycles. The second-order valence-corrected chi connectivity index (χ2v) is 7.77. The first kappa shape index (κ1) is 25.7. The maximum atomic E-state index is 13.7. The number of nitrogens with two attached hydrogens (primary N) is 2. The highest BCUT2D eigenvalue weighted by atomic mass is 19.4. The molecule has 1 heterocycles. The second kappa shape index (κ2) is 10.6. The van der Waals surface area contributed by atoms with Crippen LogP contribution in [0.25, 0.3) is 0 Å². The first-order chi connectivity index (χ1) is 16.5. The van der Waals surface area contributed by atoms with Crippen LogP contribution in [0, 0.1) is 5.82 Å². The summed E-state index contributed by atoms with van der Waals surface area (Å²) in [4.78, 5) is 23.9. The lowest BCUT2D eigenvalue weighted by atomic mass is 9.90. The van der Waals surface area contributed by atoms with Crippen LogP contribution in [0.1, 0.15) is 55.9 Å². The minimum Gasteiger partial charge on any atom is -0.496 e. The summed E-state index contributed by atoms with van der Waals surface area (Å²) in [6.07, 6.45) is -4.30. The normalized spacial score (nSPS) is 13.2. The second-order valence-electron chi connectivity index (χ2n) is 7.77. The third-order valence-corrected chi connectivity index (χ3v) is 5.43. The van der Waals surface area contributed by atoms with Crippen molar-refractivity contribution in [1.29, 1.82) is 0 Å². The number of amides is 2. The van der Waals surface area contributed by atoms with Gasteiger partial charge in [-0.1, -0.05) is 24.3 Å². The number of methoxy groups -OCH3 is 1. The summed E-state index contributed by atoms with van der Waals surface area (Å²) in [6, 6.07) is 8.83. The molecule has 2 atom stereocenters. The van der Waals surface area contributed by atoms with Crippen molar-refractivity contribution >= 4 is 11.8 Å². The van der Waals surface area contributed by atoms with E-state index in [1.54, 1.807) is 24.3 Å². The molecule has 3 rings (SSSR count). The quantitative estimate of drug-likeness (QED) is 0.339. The molecule has 1 aromatic heterocycles. The van der Waals surface area contributed by atoms with Crippen LogP contribution in [0.4, 0.5) is 17.6 Å². The summed E-state index contributed by atoms with van der Waals surface area (Å²) in [5.74, 6) is -4.05. The molecule has 0 bridgehead atoms. The van der Waals surface area contributed by atoms with Crippen LogP contribution in [0.2, 0.25) is 0 Å². The molecule has 0 aliphatic rings. The number of benzene rings is 2. The first-order valence-corrected chi connectivity index (χ1v) is 10.4. The van der Waals surface area contributed by atoms with E-state index in [4.69, 9.17) is 16.2 Å². The fourth-order valence-corrected chi connectivity index (χ4v) is 3.58. The molecule has 0 spiro atoms. The molecule has 0 saturated carbocycles. The number of alkyl halides is 3. The Balaban J connectivity index is 1.69. The van der Waals surface area contributed by atoms with Gasteiger partial charge >= 0.3 is 6.18 Å². The van der Waals surface area contributed by atoms with Crippen molar-refractivity contribution in [3.63, 3.8) is 0 Å². The number of carbonyl (C=O) groups excluding carboxylic acids is 2. The molecule has 0 radical (unpaired) electrons. The Bertz CT molecular complexity index is 1190. The number of halogens is 4. The van der Waals surface area contributed by atoms with Gasteiger partial charge in [0, 0.05) is 12.6 Å². The number of ether oxygens (including phenoxy) is 1. The van der Waals surface area contributed by atoms with Gasteiger partial charge in [-0.15, -0.1) is 0 Å². The van der Waals surface area contributed by atoms with E-state index < -0.39 is 47.9 Å². The average Bonchev–Trinajstić information content (AvgIpc) is 3.30. The van der Waals surface area contributed by atoms with Crippen LogP contribution >= 0.6 is 0 Å². The van der Waals surface area contributed by atoms with Gasteiger partial charge in [-0.3, -0.25) is 14.7 Å². The lowest BCUT2D eigenvalue weighted by Gasteiger charge is -2.23. The smallest absolute Gasteiger partial charge is 0.397 e. The molecule has 3 aromatic rings. The molecule has 2 unspecified atom stereocenters. The molecule has 0 saturated heterocycles. The molecule has 186 valence electrons. The summed E-state index contributed by atoms with van der Waals surface area (Å²) in [5.41, 5.74) is 11.5. The topological polar surface area (TPSA) is 136 Å². The Morgan fingerprint density at radius 3 is 2.43 bits per heavy atom. The summed E-state index contributed by atoms with van der Waals surface area (Å²) in [5, 5.41) is 8.36. The Morgan fingerprint density at radius 2 is 1.83 bits per heavy atom. The number of hydrogen-bond donors (Lipinski definition) is 4. The molecule has 35 heavy (non-hydrogen) atoms. The molecule has 12 heteroatoms. The number of nitrogens with zero attached hydrogens (tertiary/aromatic N) is 1. The lowest BCUT2D eigenvalue weighted by Crippen LogP contribution is -2.28. The van der Waals surface area contributed by atoms with E-state index in [0.29, 0.717) is 11.1 Å². The van der Waals surface area contributed by atoms with Crippen LogP contribution in [0.5, 0.6) is 5.75 Å². The summed E-state index contributed by atoms with van der Waals surface area (Å²) >= 11 is 0. The van der Waals surface area contributed by atoms with Crippen LogP contribution in [0.3, 0.4) is 0 Å². The van der Waals surface area contributed by atoms with Gasteiger partial charge in [0.15, 0.2) is 0 Å². The van der Waals surface area contributed by atoms with Crippen LogP contribution in [-0.2, 0) is 6.54 Å². The largest absolute Gasteiger partial charge is 0.496 e. The number of nitrogens with one attached hydrogen (secondary N) is 2. The van der Waals surface area contributed by atoms with E-state index in [9.17, 15) is 27.2 Å². The zero-order valence-electron chi connectivity index (χ0n) is 18.5. The van der Waals surface area contributed by atoms with Crippen molar-refractivity contribution in [2.24, 2.45) is 11.5 Å². The van der Waals surface area contributed by atoms with Gasteiger partial charge in [0.05, 0.1) is 36.0 Å². The number of rotatable bonds is 9. The van der Waals surface area contributed by atoms with Crippen molar-refractivity contribution in [2.45, 2.75) is 31.1 Å². The van der Waals surface area contributed by atoms with E-state index in [2.05, 4.69) is 15.5 Å². The molecule has 0 fully saturated rings. The Kier molecular flexibility index (Phi) is 7.75. The summed E-state index contributed by atoms with van der Waals surface area (Å²) in [6.45, 7) is 0.0787. The summed E-state index contributed by atoms with van der Waals surface area (Å²) in [7, 11) is 1.36. The Morgan fingerprint density at radius 1 is 1.14 bits per heavy atom. The van der Waals surface area contributed by atoms with Gasteiger partial charge in [-0.2, -0.15) is 18.3 Å². The lowest BCUT2D eigenvalue weighted by molar-refractivity contribution is -0.153. The third kappa shape index (κ3) is 6.15. The molecule has 0 aliphatic heterocycles. The van der Waals surface area contributed by atoms with Gasteiger partial charge < -0.3 is 21.5 Å². The fourth-order valence-electron chi connectivity index (χ4n) is 3.58. The molecule has 2 aromatic carbocycles. The highest BCUT2D eigenvalue weighted by Crippen LogP contribution is 2.40. The minimum absolute atomic E-state index is 0.0264. The molecule has 2 amide bonds. The zero-order chi connectivity index (χ0) is 25.8. The number of carbonyl (C=O) groups is 2. The number of primary amides is 1. The van der Waals surface area contributed by atoms with E-state index in [0.717, 1.165) is 12.3 Å². The minimum atomic E-state index is -4.70. The van der Waals surface area contributed by atoms with Gasteiger partial charge in [0.2, 0.25) is 0 Å². The van der Waals surface area contributed by atoms with Gasteiger partial charge in [-0.25, -0.2) is 4.39 Å². The highest BCUT2D eigenvalue weighted by Gasteiger charge is 2.44. The van der Waals surface area contributed by atoms with Crippen molar-refractivity contribution in [1.82, 2.24) is 15.5 Å². The third-order valence-electron chi connectivity index (χ3n) is 5.43. The standard InChI is InChI=1S/C23H23F4N5O3/c1-35-19-7-6-14(24)8-15(19)22(34)30-10-12-2-4-13(5-3-12)18(28)9-17(23(25,26)27)20-16(21(29)33)11-31-32-20/h2-8,11,17-18H,9-10,28H2,1H3,(H2,29,33)(H,30,34)(H,31,32).